The van der Waals surface area contributed by atoms with E-state index in [2.05, 4.69) is 42.5 Å². The summed E-state index contributed by atoms with van der Waals surface area (Å²) in [5.41, 5.74) is 0. The molecular weight excluding hydrogens is 558 g/mol. The number of hydrogen-bond donors (Lipinski definition) is 1. The Hall–Kier alpha value is 2.01. The van der Waals surface area contributed by atoms with Crippen LogP contribution < -0.4 is 0 Å². The summed E-state index contributed by atoms with van der Waals surface area (Å²) in [6, 6.07) is 0. The van der Waals surface area contributed by atoms with Gasteiger partial charge in [0.1, 0.15) is 0 Å². The molecule has 2 unspecified atom stereocenters. The predicted octanol–water partition coefficient (Wildman–Crippen LogP) is 1.41. The first-order valence-corrected chi connectivity index (χ1v) is 12.3. The minimum Gasteiger partial charge on any atom is -0.658 e. The van der Waals surface area contributed by atoms with E-state index >= 15 is 0 Å². The van der Waals surface area contributed by atoms with Crippen molar-refractivity contribution in [3.63, 3.8) is 0 Å². The van der Waals surface area contributed by atoms with E-state index < -0.39 is 22.7 Å². The Kier molecular flexibility index (Phi) is 14.1. The topological polar surface area (TPSA) is 68.6 Å². The largest absolute Gasteiger partial charge is 0.658 e. The molecule has 0 aromatic heterocycles. The third kappa shape index (κ3) is 9.04. The quantitative estimate of drug-likeness (QED) is 0.316. The molecule has 1 aliphatic heterocycles. The summed E-state index contributed by atoms with van der Waals surface area (Å²) in [5, 5.41) is 3.67. The van der Waals surface area contributed by atoms with Crippen molar-refractivity contribution in [3.05, 3.63) is 5.32 Å². The second kappa shape index (κ2) is 12.7. The van der Waals surface area contributed by atoms with E-state index in [4.69, 9.17) is 8.97 Å². The molecule has 10 heteroatoms. The molecule has 0 aromatic rings. The molecule has 0 aromatic carbocycles. The third-order valence-corrected chi connectivity index (χ3v) is 3.03. The SMILES string of the molecule is II.[2H]S(=O)(=O)N1CCCC(C(=O)[N-]C([B])C)C1.[Y]. The normalized spacial score (nSPS) is 22.6. The van der Waals surface area contributed by atoms with Crippen molar-refractivity contribution in [1.29, 1.82) is 1.12 Å². The molecule has 0 bridgehead atoms. The molecule has 1 heterocycles. The van der Waals surface area contributed by atoms with Gasteiger partial charge in [-0.2, -0.15) is 5.94 Å². The summed E-state index contributed by atoms with van der Waals surface area (Å²) >= 11 is 4.24. The van der Waals surface area contributed by atoms with Gasteiger partial charge in [-0.3, -0.25) is 0 Å². The number of carbonyl (C=O) groups is 1. The van der Waals surface area contributed by atoms with E-state index in [1.165, 1.54) is 0 Å². The second-order valence-electron chi connectivity index (χ2n) is 3.65. The average molecular weight is 573 g/mol. The minimum absolute atomic E-state index is 0. The Bertz CT molecular complexity index is 375. The minimum atomic E-state index is -3.96. The summed E-state index contributed by atoms with van der Waals surface area (Å²) < 4.78 is 29.9. The van der Waals surface area contributed by atoms with Crippen LogP contribution in [0.2, 0.25) is 0 Å². The molecule has 0 N–H and O–H groups in total. The number of rotatable bonds is 3. The molecule has 2 atom stereocenters. The average Bonchev–Trinajstić information content (AvgIpc) is 2.30. The van der Waals surface area contributed by atoms with Crippen molar-refractivity contribution in [2.75, 3.05) is 13.1 Å². The third-order valence-electron chi connectivity index (χ3n) is 2.28. The zero-order chi connectivity index (χ0) is 14.3. The van der Waals surface area contributed by atoms with Gasteiger partial charge in [-0.15, -0.1) is 0 Å². The molecule has 1 fully saturated rings. The van der Waals surface area contributed by atoms with Gasteiger partial charge in [-0.25, -0.2) is 12.7 Å². The summed E-state index contributed by atoms with van der Waals surface area (Å²) in [4.78, 5) is 11.6. The van der Waals surface area contributed by atoms with E-state index in [9.17, 15) is 13.2 Å². The maximum Gasteiger partial charge on any atom is 0.203 e. The Balaban J connectivity index is 0. The number of hydrogen-bond acceptors (Lipinski definition) is 3. The van der Waals surface area contributed by atoms with E-state index in [1.54, 1.807) is 6.92 Å². The van der Waals surface area contributed by atoms with Crippen LogP contribution in [0.15, 0.2) is 0 Å². The monoisotopic (exact) mass is 573 g/mol. The molecule has 1 saturated heterocycles. The van der Waals surface area contributed by atoms with Crippen LogP contribution in [0, 0.1) is 5.92 Å². The Morgan fingerprint density at radius 2 is 2.17 bits per heavy atom. The number of piperidine rings is 1. The van der Waals surface area contributed by atoms with Gasteiger partial charge in [0.25, 0.3) is 0 Å². The molecule has 1 amide bonds. The number of thiol groups is 1. The van der Waals surface area contributed by atoms with Gasteiger partial charge >= 0.3 is 0 Å². The fourth-order valence-corrected chi connectivity index (χ4v) is 2.17. The first kappa shape index (κ1) is 20.0. The second-order valence-corrected chi connectivity index (χ2v) is 4.60. The van der Waals surface area contributed by atoms with Crippen molar-refractivity contribution in [1.82, 2.24) is 4.31 Å². The van der Waals surface area contributed by atoms with Crippen molar-refractivity contribution in [2.24, 2.45) is 5.92 Å². The van der Waals surface area contributed by atoms with E-state index in [1.807, 2.05) is 0 Å². The van der Waals surface area contributed by atoms with Gasteiger partial charge in [-0.05, 0) is 12.8 Å². The molecule has 18 heavy (non-hydrogen) atoms. The van der Waals surface area contributed by atoms with Gasteiger partial charge in [-0.1, -0.05) is 6.92 Å². The van der Waals surface area contributed by atoms with Gasteiger partial charge in [0.2, 0.25) is 10.8 Å². The van der Waals surface area contributed by atoms with Crippen LogP contribution in [-0.4, -0.2) is 46.6 Å². The van der Waals surface area contributed by atoms with Gasteiger partial charge in [0.15, 0.2) is 1.12 Å². The van der Waals surface area contributed by atoms with Crippen LogP contribution in [0.4, 0.5) is 0 Å². The van der Waals surface area contributed by atoms with Gasteiger partial charge < -0.3 is 10.1 Å². The summed E-state index contributed by atoms with van der Waals surface area (Å²) in [6.45, 7) is 1.93. The molecule has 0 spiro atoms. The zero-order valence-corrected chi connectivity index (χ0v) is 17.9. The Labute approximate surface area is 161 Å². The smallest absolute Gasteiger partial charge is 0.203 e. The van der Waals surface area contributed by atoms with E-state index in [0.29, 0.717) is 19.4 Å². The first-order valence-electron chi connectivity index (χ1n) is 5.40. The maximum atomic E-state index is 11.6. The summed E-state index contributed by atoms with van der Waals surface area (Å²) in [7, 11) is 1.40. The van der Waals surface area contributed by atoms with Crippen LogP contribution in [-0.2, 0) is 48.3 Å². The van der Waals surface area contributed by atoms with E-state index in [0.717, 1.165) is 4.31 Å². The number of carbonyl (C=O) groups excluding carboxylic acids is 1. The number of amides is 1. The number of nitrogens with zero attached hydrogens (tertiary/aromatic N) is 2. The first-order chi connectivity index (χ1) is 8.30. The molecule has 5 nitrogen and oxygen atoms in total. The fraction of sp³-hybridized carbons (Fsp3) is 0.875. The maximum absolute atomic E-state index is 11.6. The zero-order valence-electron chi connectivity index (χ0n) is 10.9. The van der Waals surface area contributed by atoms with Crippen LogP contribution in [0.3, 0.4) is 0 Å². The standard InChI is InChI=1S/C8H15BN2O3S.I2.Y/c1-6(9)10-8(12)7-3-2-4-11(5-7)15(13)14;1-2;/h6-7,15H,2-5H2,1H3,(H,10,12);;/p-1/i15D;;. The van der Waals surface area contributed by atoms with Crippen molar-refractivity contribution < 1.29 is 45.9 Å². The molecule has 0 aliphatic carbocycles. The number of halogens is 2. The Morgan fingerprint density at radius 1 is 1.61 bits per heavy atom. The van der Waals surface area contributed by atoms with E-state index in [-0.39, 0.29) is 45.2 Å². The van der Waals surface area contributed by atoms with Crippen LogP contribution in [0.5, 0.6) is 0 Å². The molecule has 1 rings (SSSR count). The van der Waals surface area contributed by atoms with Crippen LogP contribution >= 0.6 is 37.2 Å². The molecule has 0 saturated carbocycles. The Morgan fingerprint density at radius 3 is 2.61 bits per heavy atom. The van der Waals surface area contributed by atoms with Crippen LogP contribution in [0.25, 0.3) is 5.32 Å². The van der Waals surface area contributed by atoms with Crippen molar-refractivity contribution in [3.8, 4) is 0 Å². The van der Waals surface area contributed by atoms with Gasteiger partial charge in [0, 0.05) is 96.8 Å². The fourth-order valence-electron chi connectivity index (χ4n) is 1.59. The molecule has 3 radical (unpaired) electrons. The molecule has 101 valence electrons. The molecule has 1 aliphatic rings. The van der Waals surface area contributed by atoms with Gasteiger partial charge in [0.05, 0.1) is 5.91 Å². The van der Waals surface area contributed by atoms with Crippen LogP contribution in [0.1, 0.15) is 19.8 Å². The predicted molar refractivity (Wildman–Crippen MR) is 86.2 cm³/mol. The van der Waals surface area contributed by atoms with Crippen molar-refractivity contribution in [2.45, 2.75) is 25.7 Å². The molecular formula is C8H14BI2N2O3SY-. The van der Waals surface area contributed by atoms with Crippen molar-refractivity contribution >= 4 is 61.8 Å². The summed E-state index contributed by atoms with van der Waals surface area (Å²) in [6.07, 6.45) is 1.17. The summed E-state index contributed by atoms with van der Waals surface area (Å²) in [5.74, 6) is -1.40.